The van der Waals surface area contributed by atoms with Gasteiger partial charge in [0, 0.05) is 37.8 Å². The summed E-state index contributed by atoms with van der Waals surface area (Å²) >= 11 is 0. The SMILES string of the molecule is Cc1cccc(CN2C[C@@H]3COC[C@H](C2)N(C(=O)c2c(C)ncnc2C)C3)n1. The maximum absolute atomic E-state index is 13.4. The molecule has 7 heteroatoms. The van der Waals surface area contributed by atoms with Crippen LogP contribution in [0.2, 0.25) is 0 Å². The minimum absolute atomic E-state index is 0.0174. The van der Waals surface area contributed by atoms with E-state index in [0.717, 1.165) is 42.4 Å². The van der Waals surface area contributed by atoms with Crippen LogP contribution in [-0.2, 0) is 11.3 Å². The minimum Gasteiger partial charge on any atom is -0.379 e. The van der Waals surface area contributed by atoms with Gasteiger partial charge in [-0.1, -0.05) is 6.07 Å². The van der Waals surface area contributed by atoms with E-state index in [1.54, 1.807) is 0 Å². The van der Waals surface area contributed by atoms with Crippen molar-refractivity contribution in [2.45, 2.75) is 33.4 Å². The third kappa shape index (κ3) is 3.91. The summed E-state index contributed by atoms with van der Waals surface area (Å²) in [5, 5.41) is 0. The second-order valence-electron chi connectivity index (χ2n) is 7.90. The van der Waals surface area contributed by atoms with Crippen molar-refractivity contribution in [3.63, 3.8) is 0 Å². The zero-order valence-electron chi connectivity index (χ0n) is 16.8. The summed E-state index contributed by atoms with van der Waals surface area (Å²) in [7, 11) is 0. The molecule has 4 rings (SSSR count). The standard InChI is InChI=1S/C21H27N5O2/c1-14-5-4-6-18(24-14)9-25-7-17-8-26(19(10-25)12-28-11-17)21(27)20-15(2)22-13-23-16(20)3/h4-6,13,17,19H,7-12H2,1-3H3/t17-,19-/m0/s1. The van der Waals surface area contributed by atoms with Crippen LogP contribution >= 0.6 is 0 Å². The molecule has 0 aromatic carbocycles. The van der Waals surface area contributed by atoms with Crippen molar-refractivity contribution >= 4 is 5.91 Å². The van der Waals surface area contributed by atoms with Crippen molar-refractivity contribution in [3.05, 3.63) is 52.9 Å². The maximum Gasteiger partial charge on any atom is 0.257 e. The van der Waals surface area contributed by atoms with Crippen molar-refractivity contribution in [1.29, 1.82) is 0 Å². The molecule has 2 aromatic rings. The number of aryl methyl sites for hydroxylation is 3. The van der Waals surface area contributed by atoms with Gasteiger partial charge in [0.25, 0.3) is 5.91 Å². The number of nitrogens with zero attached hydrogens (tertiary/aromatic N) is 5. The molecule has 0 aliphatic carbocycles. The van der Waals surface area contributed by atoms with E-state index in [4.69, 9.17) is 4.74 Å². The normalized spacial score (nSPS) is 22.8. The maximum atomic E-state index is 13.4. The summed E-state index contributed by atoms with van der Waals surface area (Å²) in [6.45, 7) is 10.2. The summed E-state index contributed by atoms with van der Waals surface area (Å²) in [6, 6.07) is 6.16. The molecule has 1 amide bonds. The lowest BCUT2D eigenvalue weighted by Crippen LogP contribution is -2.47. The molecule has 0 N–H and O–H groups in total. The van der Waals surface area contributed by atoms with Crippen LogP contribution in [-0.4, -0.2) is 69.5 Å². The molecule has 28 heavy (non-hydrogen) atoms. The molecule has 148 valence electrons. The average Bonchev–Trinajstić information content (AvgIpc) is 2.92. The van der Waals surface area contributed by atoms with Gasteiger partial charge in [0.15, 0.2) is 0 Å². The number of carbonyl (C=O) groups excluding carboxylic acids is 1. The number of carbonyl (C=O) groups is 1. The molecule has 2 aromatic heterocycles. The highest BCUT2D eigenvalue weighted by Gasteiger charge is 2.37. The Hall–Kier alpha value is -2.38. The van der Waals surface area contributed by atoms with Gasteiger partial charge >= 0.3 is 0 Å². The Kier molecular flexibility index (Phi) is 5.37. The molecular weight excluding hydrogens is 354 g/mol. The number of fused-ring (bicyclic) bond motifs is 3. The van der Waals surface area contributed by atoms with Crippen LogP contribution in [0.15, 0.2) is 24.5 Å². The molecule has 2 aliphatic rings. The first-order chi connectivity index (χ1) is 13.5. The van der Waals surface area contributed by atoms with E-state index in [1.165, 1.54) is 6.33 Å². The quantitative estimate of drug-likeness (QED) is 0.807. The van der Waals surface area contributed by atoms with E-state index in [9.17, 15) is 4.79 Å². The number of amides is 1. The number of rotatable bonds is 3. The molecule has 2 aliphatic heterocycles. The van der Waals surface area contributed by atoms with E-state index in [0.29, 0.717) is 25.3 Å². The number of ether oxygens (including phenoxy) is 1. The van der Waals surface area contributed by atoms with Crippen molar-refractivity contribution in [1.82, 2.24) is 24.8 Å². The number of pyridine rings is 1. The fourth-order valence-electron chi connectivity index (χ4n) is 4.28. The van der Waals surface area contributed by atoms with Gasteiger partial charge < -0.3 is 9.64 Å². The minimum atomic E-state index is 0.0174. The largest absolute Gasteiger partial charge is 0.379 e. The zero-order chi connectivity index (χ0) is 19.7. The van der Waals surface area contributed by atoms with E-state index in [1.807, 2.05) is 31.7 Å². The van der Waals surface area contributed by atoms with Gasteiger partial charge in [-0.15, -0.1) is 0 Å². The molecule has 0 spiro atoms. The number of hydrogen-bond donors (Lipinski definition) is 0. The Bertz CT molecular complexity index is 851. The van der Waals surface area contributed by atoms with Gasteiger partial charge in [-0.3, -0.25) is 14.7 Å². The molecule has 0 saturated carbocycles. The highest BCUT2D eigenvalue weighted by molar-refractivity contribution is 5.96. The van der Waals surface area contributed by atoms with Crippen LogP contribution in [0.1, 0.15) is 33.1 Å². The summed E-state index contributed by atoms with van der Waals surface area (Å²) in [5.74, 6) is 0.304. The Balaban J connectivity index is 1.57. The van der Waals surface area contributed by atoms with E-state index >= 15 is 0 Å². The number of hydrogen-bond acceptors (Lipinski definition) is 6. The van der Waals surface area contributed by atoms with Gasteiger partial charge in [0.05, 0.1) is 41.9 Å². The Morgan fingerprint density at radius 2 is 1.89 bits per heavy atom. The van der Waals surface area contributed by atoms with Gasteiger partial charge in [-0.2, -0.15) is 0 Å². The fourth-order valence-corrected chi connectivity index (χ4v) is 4.28. The summed E-state index contributed by atoms with van der Waals surface area (Å²) in [4.78, 5) is 30.9. The lowest BCUT2D eigenvalue weighted by molar-refractivity contribution is 0.0420. The lowest BCUT2D eigenvalue weighted by atomic mass is 10.1. The molecule has 7 nitrogen and oxygen atoms in total. The number of aromatic nitrogens is 3. The highest BCUT2D eigenvalue weighted by Crippen LogP contribution is 2.24. The van der Waals surface area contributed by atoms with Crippen molar-refractivity contribution < 1.29 is 9.53 Å². The monoisotopic (exact) mass is 381 g/mol. The average molecular weight is 381 g/mol. The molecule has 2 atom stereocenters. The molecule has 0 unspecified atom stereocenters. The van der Waals surface area contributed by atoms with E-state index < -0.39 is 0 Å². The second kappa shape index (κ2) is 7.93. The summed E-state index contributed by atoms with van der Waals surface area (Å²) in [6.07, 6.45) is 1.52. The van der Waals surface area contributed by atoms with E-state index in [-0.39, 0.29) is 17.9 Å². The van der Waals surface area contributed by atoms with Gasteiger partial charge in [0.1, 0.15) is 6.33 Å². The third-order valence-electron chi connectivity index (χ3n) is 5.58. The van der Waals surface area contributed by atoms with Crippen molar-refractivity contribution in [3.8, 4) is 0 Å². The Labute approximate surface area is 165 Å². The van der Waals surface area contributed by atoms with Gasteiger partial charge in [0.2, 0.25) is 0 Å². The Morgan fingerprint density at radius 3 is 2.64 bits per heavy atom. The zero-order valence-corrected chi connectivity index (χ0v) is 16.8. The first-order valence-corrected chi connectivity index (χ1v) is 9.83. The first kappa shape index (κ1) is 19.0. The van der Waals surface area contributed by atoms with Crippen LogP contribution in [0.25, 0.3) is 0 Å². The van der Waals surface area contributed by atoms with Crippen LogP contribution in [0.3, 0.4) is 0 Å². The molecule has 4 heterocycles. The smallest absolute Gasteiger partial charge is 0.257 e. The topological polar surface area (TPSA) is 71.5 Å². The Morgan fingerprint density at radius 1 is 1.11 bits per heavy atom. The second-order valence-corrected chi connectivity index (χ2v) is 7.90. The first-order valence-electron chi connectivity index (χ1n) is 9.83. The molecule has 2 saturated heterocycles. The van der Waals surface area contributed by atoms with Gasteiger partial charge in [-0.05, 0) is 32.9 Å². The van der Waals surface area contributed by atoms with Crippen LogP contribution in [0.5, 0.6) is 0 Å². The van der Waals surface area contributed by atoms with Crippen LogP contribution < -0.4 is 0 Å². The van der Waals surface area contributed by atoms with E-state index in [2.05, 4.69) is 32.0 Å². The molecular formula is C21H27N5O2. The summed E-state index contributed by atoms with van der Waals surface area (Å²) in [5.41, 5.74) is 4.20. The predicted molar refractivity (Wildman–Crippen MR) is 105 cm³/mol. The van der Waals surface area contributed by atoms with Crippen LogP contribution in [0.4, 0.5) is 0 Å². The molecule has 2 fully saturated rings. The highest BCUT2D eigenvalue weighted by atomic mass is 16.5. The summed E-state index contributed by atoms with van der Waals surface area (Å²) < 4.78 is 5.89. The molecule has 0 radical (unpaired) electrons. The lowest BCUT2D eigenvalue weighted by Gasteiger charge is -2.31. The van der Waals surface area contributed by atoms with Gasteiger partial charge in [-0.25, -0.2) is 9.97 Å². The van der Waals surface area contributed by atoms with Crippen molar-refractivity contribution in [2.75, 3.05) is 32.8 Å². The van der Waals surface area contributed by atoms with Crippen molar-refractivity contribution in [2.24, 2.45) is 5.92 Å². The predicted octanol–water partition coefficient (Wildman–Crippen LogP) is 1.77. The molecule has 2 bridgehead atoms. The van der Waals surface area contributed by atoms with Crippen LogP contribution in [0, 0.1) is 26.7 Å². The fraction of sp³-hybridized carbons (Fsp3) is 0.524. The third-order valence-corrected chi connectivity index (χ3v) is 5.58.